The normalized spacial score (nSPS) is 14.8. The Morgan fingerprint density at radius 2 is 1.31 bits per heavy atom. The molecule has 0 bridgehead atoms. The average Bonchev–Trinajstić information content (AvgIpc) is 1.83. The summed E-state index contributed by atoms with van der Waals surface area (Å²) in [6.45, 7) is 3.45. The van der Waals surface area contributed by atoms with E-state index in [0.717, 1.165) is 13.8 Å². The summed E-state index contributed by atoms with van der Waals surface area (Å²) in [7, 11) is 0. The van der Waals surface area contributed by atoms with Crippen LogP contribution in [-0.2, 0) is 0 Å². The minimum absolute atomic E-state index is 0.778. The second kappa shape index (κ2) is 3.46. The van der Waals surface area contributed by atoms with Crippen LogP contribution < -0.4 is 0 Å². The van der Waals surface area contributed by atoms with Gasteiger partial charge in [-0.05, 0) is 19.3 Å². The van der Waals surface area contributed by atoms with Crippen LogP contribution in [0.4, 0.5) is 17.6 Å². The third-order valence-corrected chi connectivity index (χ3v) is 1.93. The van der Waals surface area contributed by atoms with Gasteiger partial charge in [-0.3, -0.25) is 4.39 Å². The second-order valence-electron chi connectivity index (χ2n) is 4.65. The Labute approximate surface area is 76.3 Å². The van der Waals surface area contributed by atoms with E-state index in [1.165, 1.54) is 13.8 Å². The highest BCUT2D eigenvalue weighted by atomic mass is 19.3. The van der Waals surface area contributed by atoms with Gasteiger partial charge in [0, 0.05) is 6.42 Å². The first kappa shape index (κ1) is 12.7. The van der Waals surface area contributed by atoms with E-state index in [9.17, 15) is 17.6 Å². The first-order valence-electron chi connectivity index (χ1n) is 4.14. The van der Waals surface area contributed by atoms with Crippen LogP contribution in [0.1, 0.15) is 34.1 Å². The summed E-state index contributed by atoms with van der Waals surface area (Å²) in [5, 5.41) is 0. The van der Waals surface area contributed by atoms with Crippen molar-refractivity contribution in [3.63, 3.8) is 0 Å². The number of alkyl halides is 4. The molecule has 0 amide bonds. The number of halogens is 4. The van der Waals surface area contributed by atoms with Crippen molar-refractivity contribution in [3.8, 4) is 0 Å². The minimum Gasteiger partial charge on any atom is -0.251 e. The van der Waals surface area contributed by atoms with Crippen LogP contribution in [-0.4, -0.2) is 18.3 Å². The Kier molecular flexibility index (Phi) is 3.39. The summed E-state index contributed by atoms with van der Waals surface area (Å²) in [5.41, 5.74) is -3.77. The zero-order valence-corrected chi connectivity index (χ0v) is 8.43. The van der Waals surface area contributed by atoms with Crippen molar-refractivity contribution in [3.05, 3.63) is 0 Å². The molecule has 13 heavy (non-hydrogen) atoms. The zero-order chi connectivity index (χ0) is 10.9. The fourth-order valence-corrected chi connectivity index (χ4v) is 0.858. The van der Waals surface area contributed by atoms with Gasteiger partial charge in [-0.1, -0.05) is 13.8 Å². The Morgan fingerprint density at radius 3 is 1.54 bits per heavy atom. The summed E-state index contributed by atoms with van der Waals surface area (Å²) in [4.78, 5) is 0. The molecule has 0 unspecified atom stereocenters. The van der Waals surface area contributed by atoms with E-state index in [2.05, 4.69) is 0 Å². The topological polar surface area (TPSA) is 0 Å². The number of hydrogen-bond donors (Lipinski definition) is 0. The third kappa shape index (κ3) is 3.53. The van der Waals surface area contributed by atoms with E-state index in [1.54, 1.807) is 0 Å². The standard InChI is InChI=1S/C9H16F4/c1-7(2,6-10)5-9(12,13)8(3,4)11/h5-6H2,1-4H3. The maximum Gasteiger partial charge on any atom is 0.281 e. The fourth-order valence-electron chi connectivity index (χ4n) is 0.858. The molecule has 0 aromatic heterocycles. The highest BCUT2D eigenvalue weighted by Gasteiger charge is 2.50. The molecule has 0 spiro atoms. The van der Waals surface area contributed by atoms with Gasteiger partial charge < -0.3 is 0 Å². The lowest BCUT2D eigenvalue weighted by molar-refractivity contribution is -0.144. The van der Waals surface area contributed by atoms with Crippen LogP contribution in [0.3, 0.4) is 0 Å². The molecule has 0 aliphatic carbocycles. The Balaban J connectivity index is 4.52. The van der Waals surface area contributed by atoms with Crippen molar-refractivity contribution >= 4 is 0 Å². The summed E-state index contributed by atoms with van der Waals surface area (Å²) in [5.74, 6) is -3.48. The lowest BCUT2D eigenvalue weighted by Gasteiger charge is -2.32. The quantitative estimate of drug-likeness (QED) is 0.606. The molecule has 80 valence electrons. The predicted molar refractivity (Wildman–Crippen MR) is 44.5 cm³/mol. The molecule has 0 nitrogen and oxygen atoms in total. The molecule has 0 aromatic rings. The lowest BCUT2D eigenvalue weighted by Crippen LogP contribution is -2.42. The van der Waals surface area contributed by atoms with Crippen LogP contribution in [0.15, 0.2) is 0 Å². The van der Waals surface area contributed by atoms with Crippen LogP contribution in [0.25, 0.3) is 0 Å². The van der Waals surface area contributed by atoms with Gasteiger partial charge in [0.2, 0.25) is 0 Å². The summed E-state index contributed by atoms with van der Waals surface area (Å²) >= 11 is 0. The molecule has 0 fully saturated rings. The van der Waals surface area contributed by atoms with E-state index < -0.39 is 30.1 Å². The largest absolute Gasteiger partial charge is 0.281 e. The monoisotopic (exact) mass is 200 g/mol. The van der Waals surface area contributed by atoms with E-state index in [-0.39, 0.29) is 0 Å². The van der Waals surface area contributed by atoms with Crippen LogP contribution in [0.2, 0.25) is 0 Å². The second-order valence-corrected chi connectivity index (χ2v) is 4.65. The van der Waals surface area contributed by atoms with Gasteiger partial charge in [-0.15, -0.1) is 0 Å². The van der Waals surface area contributed by atoms with Crippen LogP contribution >= 0.6 is 0 Å². The summed E-state index contributed by atoms with van der Waals surface area (Å²) in [6, 6.07) is 0. The molecule has 0 radical (unpaired) electrons. The Morgan fingerprint density at radius 1 is 0.923 bits per heavy atom. The Hall–Kier alpha value is -0.280. The van der Waals surface area contributed by atoms with Gasteiger partial charge in [-0.2, -0.15) is 0 Å². The summed E-state index contributed by atoms with van der Waals surface area (Å²) < 4.78 is 51.3. The van der Waals surface area contributed by atoms with Crippen molar-refractivity contribution in [2.45, 2.75) is 45.7 Å². The van der Waals surface area contributed by atoms with Gasteiger partial charge >= 0.3 is 0 Å². The molecule has 0 atom stereocenters. The first-order chi connectivity index (χ1) is 5.52. The van der Waals surface area contributed by atoms with Crippen molar-refractivity contribution in [2.24, 2.45) is 5.41 Å². The molecule has 0 saturated carbocycles. The van der Waals surface area contributed by atoms with Crippen LogP contribution in [0.5, 0.6) is 0 Å². The maximum absolute atomic E-state index is 13.1. The zero-order valence-electron chi connectivity index (χ0n) is 8.43. The van der Waals surface area contributed by atoms with Gasteiger partial charge in [0.05, 0.1) is 6.67 Å². The van der Waals surface area contributed by atoms with Crippen molar-refractivity contribution in [1.29, 1.82) is 0 Å². The molecule has 4 heteroatoms. The van der Waals surface area contributed by atoms with Gasteiger partial charge in [0.1, 0.15) is 0 Å². The molecule has 0 saturated heterocycles. The first-order valence-corrected chi connectivity index (χ1v) is 4.14. The molecular formula is C9H16F4. The van der Waals surface area contributed by atoms with Gasteiger partial charge in [0.25, 0.3) is 5.92 Å². The third-order valence-electron chi connectivity index (χ3n) is 1.93. The predicted octanol–water partition coefficient (Wildman–Crippen LogP) is 3.76. The minimum atomic E-state index is -3.48. The van der Waals surface area contributed by atoms with Crippen molar-refractivity contribution in [2.75, 3.05) is 6.67 Å². The van der Waals surface area contributed by atoms with Gasteiger partial charge in [-0.25, -0.2) is 13.2 Å². The molecule has 0 heterocycles. The molecule has 0 aliphatic heterocycles. The highest BCUT2D eigenvalue weighted by molar-refractivity contribution is 4.90. The molecule has 0 N–H and O–H groups in total. The molecule has 0 rings (SSSR count). The average molecular weight is 200 g/mol. The Bertz CT molecular complexity index is 167. The highest BCUT2D eigenvalue weighted by Crippen LogP contribution is 2.41. The molecular weight excluding hydrogens is 184 g/mol. The van der Waals surface area contributed by atoms with Gasteiger partial charge in [0.15, 0.2) is 5.67 Å². The molecule has 0 aromatic carbocycles. The fraction of sp³-hybridized carbons (Fsp3) is 1.00. The maximum atomic E-state index is 13.1. The van der Waals surface area contributed by atoms with E-state index >= 15 is 0 Å². The van der Waals surface area contributed by atoms with Crippen LogP contribution in [0, 0.1) is 5.41 Å². The van der Waals surface area contributed by atoms with Crippen molar-refractivity contribution in [1.82, 2.24) is 0 Å². The number of rotatable bonds is 4. The lowest BCUT2D eigenvalue weighted by atomic mass is 9.83. The van der Waals surface area contributed by atoms with E-state index in [1.807, 2.05) is 0 Å². The smallest absolute Gasteiger partial charge is 0.251 e. The molecule has 0 aliphatic rings. The number of hydrogen-bond acceptors (Lipinski definition) is 0. The van der Waals surface area contributed by atoms with E-state index in [0.29, 0.717) is 0 Å². The van der Waals surface area contributed by atoms with E-state index in [4.69, 9.17) is 0 Å². The summed E-state index contributed by atoms with van der Waals surface area (Å²) in [6.07, 6.45) is -0.778. The SMILES string of the molecule is CC(C)(CF)CC(F)(F)C(C)(C)F. The van der Waals surface area contributed by atoms with Crippen molar-refractivity contribution < 1.29 is 17.6 Å².